The van der Waals surface area contributed by atoms with Crippen molar-refractivity contribution in [2.75, 3.05) is 13.1 Å². The lowest BCUT2D eigenvalue weighted by atomic mass is 10.1. The van der Waals surface area contributed by atoms with Crippen molar-refractivity contribution in [3.63, 3.8) is 0 Å². The van der Waals surface area contributed by atoms with Gasteiger partial charge in [-0.1, -0.05) is 30.3 Å². The van der Waals surface area contributed by atoms with Crippen molar-refractivity contribution in [3.8, 4) is 0 Å². The van der Waals surface area contributed by atoms with Crippen LogP contribution in [0.1, 0.15) is 37.7 Å². The largest absolute Gasteiger partial charge is 0.352 e. The van der Waals surface area contributed by atoms with Crippen LogP contribution >= 0.6 is 0 Å². The average Bonchev–Trinajstić information content (AvgIpc) is 3.02. The molecule has 2 heterocycles. The van der Waals surface area contributed by atoms with E-state index in [9.17, 15) is 9.59 Å². The Morgan fingerprint density at radius 2 is 2.12 bits per heavy atom. The van der Waals surface area contributed by atoms with Gasteiger partial charge in [-0.2, -0.15) is 5.10 Å². The molecule has 0 saturated carbocycles. The molecule has 0 radical (unpaired) electrons. The summed E-state index contributed by atoms with van der Waals surface area (Å²) in [7, 11) is 0. The van der Waals surface area contributed by atoms with E-state index >= 15 is 0 Å². The Morgan fingerprint density at radius 1 is 1.29 bits per heavy atom. The first-order chi connectivity index (χ1) is 11.7. The van der Waals surface area contributed by atoms with E-state index < -0.39 is 0 Å². The molecule has 0 spiro atoms. The van der Waals surface area contributed by atoms with Crippen LogP contribution in [0.25, 0.3) is 0 Å². The minimum atomic E-state index is -0.0485. The van der Waals surface area contributed by atoms with Gasteiger partial charge >= 0.3 is 0 Å². The van der Waals surface area contributed by atoms with Crippen molar-refractivity contribution >= 4 is 17.5 Å². The Bertz CT molecular complexity index is 615. The molecule has 2 aliphatic rings. The van der Waals surface area contributed by atoms with Gasteiger partial charge in [0.05, 0.1) is 0 Å². The number of hydrogen-bond acceptors (Lipinski definition) is 4. The molecule has 0 aliphatic carbocycles. The first-order valence-electron chi connectivity index (χ1n) is 8.59. The molecule has 2 amide bonds. The number of likely N-dealkylation sites (tertiary alicyclic amines) is 1. The number of amides is 2. The number of hydrazone groups is 1. The van der Waals surface area contributed by atoms with E-state index in [-0.39, 0.29) is 17.9 Å². The van der Waals surface area contributed by atoms with Crippen molar-refractivity contribution in [1.82, 2.24) is 15.6 Å². The highest BCUT2D eigenvalue weighted by Crippen LogP contribution is 2.14. The third-order valence-corrected chi connectivity index (χ3v) is 4.51. The van der Waals surface area contributed by atoms with Crippen molar-refractivity contribution in [2.24, 2.45) is 5.10 Å². The van der Waals surface area contributed by atoms with Crippen LogP contribution in [0.5, 0.6) is 0 Å². The maximum atomic E-state index is 12.1. The number of benzene rings is 1. The summed E-state index contributed by atoms with van der Waals surface area (Å²) in [5.74, 6) is 0.0221. The van der Waals surface area contributed by atoms with Gasteiger partial charge in [-0.05, 0) is 24.8 Å². The van der Waals surface area contributed by atoms with E-state index in [0.29, 0.717) is 25.7 Å². The molecule has 2 aliphatic heterocycles. The second kappa shape index (κ2) is 8.06. The average molecular weight is 328 g/mol. The lowest BCUT2D eigenvalue weighted by Gasteiger charge is -2.17. The van der Waals surface area contributed by atoms with Crippen LogP contribution < -0.4 is 10.7 Å². The third kappa shape index (κ3) is 4.89. The number of carbonyl (C=O) groups excluding carboxylic acids is 2. The molecule has 0 aromatic heterocycles. The zero-order chi connectivity index (χ0) is 16.8. The summed E-state index contributed by atoms with van der Waals surface area (Å²) in [6.07, 6.45) is 3.18. The predicted molar refractivity (Wildman–Crippen MR) is 92.3 cm³/mol. The molecule has 0 bridgehead atoms. The maximum absolute atomic E-state index is 12.1. The summed E-state index contributed by atoms with van der Waals surface area (Å²) >= 11 is 0. The molecule has 24 heavy (non-hydrogen) atoms. The van der Waals surface area contributed by atoms with Crippen LogP contribution in [-0.4, -0.2) is 41.6 Å². The van der Waals surface area contributed by atoms with Crippen LogP contribution in [0.15, 0.2) is 35.4 Å². The lowest BCUT2D eigenvalue weighted by Crippen LogP contribution is -2.37. The van der Waals surface area contributed by atoms with Crippen LogP contribution in [0.2, 0.25) is 0 Å². The van der Waals surface area contributed by atoms with E-state index in [2.05, 4.69) is 45.0 Å². The highest BCUT2D eigenvalue weighted by atomic mass is 16.2. The van der Waals surface area contributed by atoms with Crippen LogP contribution in [0.4, 0.5) is 0 Å². The lowest BCUT2D eigenvalue weighted by molar-refractivity contribution is -0.121. The van der Waals surface area contributed by atoms with Crippen LogP contribution in [0.3, 0.4) is 0 Å². The summed E-state index contributed by atoms with van der Waals surface area (Å²) in [5, 5.41) is 7.12. The zero-order valence-electron chi connectivity index (χ0n) is 13.8. The SMILES string of the molecule is O=C1CCC(CCC(=O)NC2CCN(Cc3ccccc3)C2)=NN1. The smallest absolute Gasteiger partial charge is 0.240 e. The fourth-order valence-corrected chi connectivity index (χ4v) is 3.19. The van der Waals surface area contributed by atoms with Gasteiger partial charge in [0.15, 0.2) is 0 Å². The maximum Gasteiger partial charge on any atom is 0.240 e. The summed E-state index contributed by atoms with van der Waals surface area (Å²) in [6.45, 7) is 2.85. The molecule has 1 saturated heterocycles. The first kappa shape index (κ1) is 16.6. The molecule has 6 heteroatoms. The fraction of sp³-hybridized carbons (Fsp3) is 0.500. The third-order valence-electron chi connectivity index (χ3n) is 4.51. The number of rotatable bonds is 6. The highest BCUT2D eigenvalue weighted by Gasteiger charge is 2.24. The standard InChI is InChI=1S/C18H24N4O2/c23-17(8-6-15-7-9-18(24)21-20-15)19-16-10-11-22(13-16)12-14-4-2-1-3-5-14/h1-5,16H,6-13H2,(H,19,23)(H,21,24). The predicted octanol–water partition coefficient (Wildman–Crippen LogP) is 1.42. The Hall–Kier alpha value is -2.21. The Morgan fingerprint density at radius 3 is 2.88 bits per heavy atom. The normalized spacial score (nSPS) is 21.2. The molecule has 1 aromatic rings. The fourth-order valence-electron chi connectivity index (χ4n) is 3.19. The summed E-state index contributed by atoms with van der Waals surface area (Å²) in [4.78, 5) is 25.5. The quantitative estimate of drug-likeness (QED) is 0.829. The second-order valence-corrected chi connectivity index (χ2v) is 6.49. The van der Waals surface area contributed by atoms with Gasteiger partial charge in [-0.15, -0.1) is 0 Å². The van der Waals surface area contributed by atoms with Gasteiger partial charge < -0.3 is 5.32 Å². The minimum Gasteiger partial charge on any atom is -0.352 e. The van der Waals surface area contributed by atoms with Crippen molar-refractivity contribution < 1.29 is 9.59 Å². The van der Waals surface area contributed by atoms with Gasteiger partial charge in [0, 0.05) is 44.2 Å². The van der Waals surface area contributed by atoms with Crippen molar-refractivity contribution in [3.05, 3.63) is 35.9 Å². The van der Waals surface area contributed by atoms with Crippen molar-refractivity contribution in [2.45, 2.75) is 44.7 Å². The summed E-state index contributed by atoms with van der Waals surface area (Å²) < 4.78 is 0. The van der Waals surface area contributed by atoms with E-state index in [4.69, 9.17) is 0 Å². The molecule has 1 atom stereocenters. The monoisotopic (exact) mass is 328 g/mol. The summed E-state index contributed by atoms with van der Waals surface area (Å²) in [5.41, 5.74) is 4.68. The highest BCUT2D eigenvalue weighted by molar-refractivity contribution is 5.94. The number of carbonyl (C=O) groups is 2. The molecule has 1 fully saturated rings. The number of nitrogens with one attached hydrogen (secondary N) is 2. The molecule has 3 rings (SSSR count). The van der Waals surface area contributed by atoms with Crippen molar-refractivity contribution in [1.29, 1.82) is 0 Å². The van der Waals surface area contributed by atoms with E-state index in [1.165, 1.54) is 5.56 Å². The van der Waals surface area contributed by atoms with Crippen LogP contribution in [0, 0.1) is 0 Å². The van der Waals surface area contributed by atoms with E-state index in [1.807, 2.05) is 6.07 Å². The second-order valence-electron chi connectivity index (χ2n) is 6.49. The molecule has 6 nitrogen and oxygen atoms in total. The van der Waals surface area contributed by atoms with Gasteiger partial charge in [-0.3, -0.25) is 14.5 Å². The minimum absolute atomic E-state index is 0.0485. The van der Waals surface area contributed by atoms with Gasteiger partial charge in [-0.25, -0.2) is 5.43 Å². The topological polar surface area (TPSA) is 73.8 Å². The molecule has 1 aromatic carbocycles. The zero-order valence-corrected chi connectivity index (χ0v) is 13.8. The van der Waals surface area contributed by atoms with E-state index in [1.54, 1.807) is 0 Å². The van der Waals surface area contributed by atoms with E-state index in [0.717, 1.165) is 31.8 Å². The summed E-state index contributed by atoms with van der Waals surface area (Å²) in [6, 6.07) is 10.6. The number of hydrogen-bond donors (Lipinski definition) is 2. The molecule has 1 unspecified atom stereocenters. The molecular weight excluding hydrogens is 304 g/mol. The Kier molecular flexibility index (Phi) is 5.59. The number of nitrogens with zero attached hydrogens (tertiary/aromatic N) is 2. The Labute approximate surface area is 142 Å². The van der Waals surface area contributed by atoms with Gasteiger partial charge in [0.1, 0.15) is 0 Å². The Balaban J connectivity index is 1.37. The molecule has 2 N–H and O–H groups in total. The van der Waals surface area contributed by atoms with Gasteiger partial charge in [0.2, 0.25) is 11.8 Å². The molecular formula is C18H24N4O2. The first-order valence-corrected chi connectivity index (χ1v) is 8.59. The molecule has 128 valence electrons. The van der Waals surface area contributed by atoms with Crippen LogP contribution in [-0.2, 0) is 16.1 Å². The van der Waals surface area contributed by atoms with Gasteiger partial charge in [0.25, 0.3) is 0 Å².